The molecular weight excluding hydrogens is 162 g/mol. The van der Waals surface area contributed by atoms with Crippen molar-refractivity contribution in [3.8, 4) is 0 Å². The van der Waals surface area contributed by atoms with Gasteiger partial charge in [-0.25, -0.2) is 9.97 Å². The van der Waals surface area contributed by atoms with Gasteiger partial charge in [-0.2, -0.15) is 0 Å². The minimum absolute atomic E-state index is 0.0790. The molecule has 0 amide bonds. The lowest BCUT2D eigenvalue weighted by molar-refractivity contribution is 0.866. The highest BCUT2D eigenvalue weighted by atomic mass is 14.9. The summed E-state index contributed by atoms with van der Waals surface area (Å²) in [4.78, 5) is 8.27. The average Bonchev–Trinajstić information content (AvgIpc) is 2.04. The Kier molecular flexibility index (Phi) is 3.14. The van der Waals surface area contributed by atoms with Crippen LogP contribution < -0.4 is 5.73 Å². The molecule has 0 aromatic carbocycles. The first-order valence-corrected chi connectivity index (χ1v) is 4.33. The summed E-state index contributed by atoms with van der Waals surface area (Å²) in [5.41, 5.74) is 7.75. The summed E-state index contributed by atoms with van der Waals surface area (Å²) >= 11 is 0. The smallest absolute Gasteiger partial charge is 0.125 e. The molecule has 0 spiro atoms. The molecule has 1 aromatic rings. The van der Waals surface area contributed by atoms with Gasteiger partial charge >= 0.3 is 0 Å². The lowest BCUT2D eigenvalue weighted by Gasteiger charge is -2.04. The van der Waals surface area contributed by atoms with Crippen LogP contribution in [0.25, 0.3) is 6.08 Å². The summed E-state index contributed by atoms with van der Waals surface area (Å²) < 4.78 is 0. The lowest BCUT2D eigenvalue weighted by Crippen LogP contribution is -2.15. The van der Waals surface area contributed by atoms with Gasteiger partial charge in [-0.1, -0.05) is 5.57 Å². The molecule has 3 heteroatoms. The predicted molar refractivity (Wildman–Crippen MR) is 54.1 cm³/mol. The van der Waals surface area contributed by atoms with Gasteiger partial charge in [-0.3, -0.25) is 0 Å². The molecular formula is C10H15N3. The molecule has 13 heavy (non-hydrogen) atoms. The second kappa shape index (κ2) is 4.14. The van der Waals surface area contributed by atoms with Crippen LogP contribution in [0.15, 0.2) is 17.8 Å². The number of hydrogen-bond acceptors (Lipinski definition) is 3. The minimum atomic E-state index is 0.0790. The molecule has 0 aliphatic rings. The highest BCUT2D eigenvalue weighted by Crippen LogP contribution is 2.05. The molecule has 0 saturated carbocycles. The Hall–Kier alpha value is -1.22. The summed E-state index contributed by atoms with van der Waals surface area (Å²) in [6.07, 6.45) is 3.74. The van der Waals surface area contributed by atoms with E-state index in [4.69, 9.17) is 5.73 Å². The monoisotopic (exact) mass is 177 g/mol. The van der Waals surface area contributed by atoms with Crippen molar-refractivity contribution in [1.29, 1.82) is 0 Å². The number of rotatable bonds is 2. The Bertz CT molecular complexity index is 316. The maximum absolute atomic E-state index is 5.71. The third-order valence-electron chi connectivity index (χ3n) is 1.89. The fourth-order valence-electron chi connectivity index (χ4n) is 0.920. The zero-order valence-corrected chi connectivity index (χ0v) is 8.28. The quantitative estimate of drug-likeness (QED) is 0.745. The highest BCUT2D eigenvalue weighted by Gasteiger charge is 1.97. The molecule has 1 unspecified atom stereocenters. The van der Waals surface area contributed by atoms with E-state index < -0.39 is 0 Å². The van der Waals surface area contributed by atoms with Crippen LogP contribution >= 0.6 is 0 Å². The maximum Gasteiger partial charge on any atom is 0.125 e. The van der Waals surface area contributed by atoms with Crippen LogP contribution in [0.4, 0.5) is 0 Å². The summed E-state index contributed by atoms with van der Waals surface area (Å²) in [6.45, 7) is 5.83. The largest absolute Gasteiger partial charge is 0.324 e. The zero-order chi connectivity index (χ0) is 9.84. The van der Waals surface area contributed by atoms with E-state index in [1.807, 2.05) is 32.9 Å². The van der Waals surface area contributed by atoms with Crippen molar-refractivity contribution in [1.82, 2.24) is 9.97 Å². The molecule has 0 aliphatic carbocycles. The van der Waals surface area contributed by atoms with Gasteiger partial charge in [0.2, 0.25) is 0 Å². The van der Waals surface area contributed by atoms with E-state index in [0.717, 1.165) is 17.1 Å². The summed E-state index contributed by atoms with van der Waals surface area (Å²) in [6, 6.07) is 1.95. The van der Waals surface area contributed by atoms with Gasteiger partial charge in [0.1, 0.15) is 5.82 Å². The van der Waals surface area contributed by atoms with Crippen molar-refractivity contribution < 1.29 is 0 Å². The Morgan fingerprint density at radius 2 is 2.31 bits per heavy atom. The Balaban J connectivity index is 2.91. The zero-order valence-electron chi connectivity index (χ0n) is 8.28. The van der Waals surface area contributed by atoms with Gasteiger partial charge in [-0.15, -0.1) is 0 Å². The van der Waals surface area contributed by atoms with Crippen molar-refractivity contribution in [2.75, 3.05) is 0 Å². The molecule has 1 atom stereocenters. The molecule has 1 aromatic heterocycles. The molecule has 3 nitrogen and oxygen atoms in total. The lowest BCUT2D eigenvalue weighted by atomic mass is 10.1. The average molecular weight is 177 g/mol. The van der Waals surface area contributed by atoms with Gasteiger partial charge in [0.15, 0.2) is 0 Å². The van der Waals surface area contributed by atoms with Gasteiger partial charge in [0.05, 0.1) is 5.69 Å². The molecule has 70 valence electrons. The predicted octanol–water partition coefficient (Wildman–Crippen LogP) is 1.54. The molecule has 1 heterocycles. The van der Waals surface area contributed by atoms with Gasteiger partial charge in [0.25, 0.3) is 0 Å². The van der Waals surface area contributed by atoms with E-state index in [-0.39, 0.29) is 6.04 Å². The van der Waals surface area contributed by atoms with Crippen LogP contribution in [0.5, 0.6) is 0 Å². The topological polar surface area (TPSA) is 51.8 Å². The minimum Gasteiger partial charge on any atom is -0.324 e. The van der Waals surface area contributed by atoms with E-state index >= 15 is 0 Å². The van der Waals surface area contributed by atoms with Crippen molar-refractivity contribution in [2.45, 2.75) is 26.8 Å². The van der Waals surface area contributed by atoms with Crippen molar-refractivity contribution in [2.24, 2.45) is 5.73 Å². The second-order valence-electron chi connectivity index (χ2n) is 3.21. The number of hydrogen-bond donors (Lipinski definition) is 1. The van der Waals surface area contributed by atoms with Crippen molar-refractivity contribution in [3.63, 3.8) is 0 Å². The number of nitrogens with two attached hydrogens (primary N) is 1. The molecule has 1 rings (SSSR count). The first-order valence-electron chi connectivity index (χ1n) is 4.33. The van der Waals surface area contributed by atoms with Crippen LogP contribution in [0, 0.1) is 6.92 Å². The van der Waals surface area contributed by atoms with E-state index in [1.165, 1.54) is 0 Å². The van der Waals surface area contributed by atoms with Crippen LogP contribution in [0.1, 0.15) is 25.4 Å². The van der Waals surface area contributed by atoms with E-state index in [1.54, 1.807) is 6.20 Å². The summed E-state index contributed by atoms with van der Waals surface area (Å²) in [7, 11) is 0. The second-order valence-corrected chi connectivity index (χ2v) is 3.21. The summed E-state index contributed by atoms with van der Waals surface area (Å²) in [5.74, 6) is 0.784. The molecule has 2 N–H and O–H groups in total. The van der Waals surface area contributed by atoms with Crippen molar-refractivity contribution >= 4 is 6.08 Å². The third-order valence-corrected chi connectivity index (χ3v) is 1.89. The molecule has 0 radical (unpaired) electrons. The molecule has 0 aliphatic heterocycles. The SMILES string of the molecule is C/C(=C\c1ccnc(C)n1)C(C)N. The number of nitrogens with zero attached hydrogens (tertiary/aromatic N) is 2. The van der Waals surface area contributed by atoms with Crippen molar-refractivity contribution in [3.05, 3.63) is 29.4 Å². The molecule has 0 fully saturated rings. The van der Waals surface area contributed by atoms with Gasteiger partial charge in [0, 0.05) is 12.2 Å². The van der Waals surface area contributed by atoms with Crippen LogP contribution in [-0.2, 0) is 0 Å². The fraction of sp³-hybridized carbons (Fsp3) is 0.400. The Morgan fingerprint density at radius 1 is 1.62 bits per heavy atom. The van der Waals surface area contributed by atoms with E-state index in [0.29, 0.717) is 0 Å². The van der Waals surface area contributed by atoms with Crippen LogP contribution in [0.2, 0.25) is 0 Å². The van der Waals surface area contributed by atoms with E-state index in [9.17, 15) is 0 Å². The first-order chi connectivity index (χ1) is 6.09. The standard InChI is InChI=1S/C10H15N3/c1-7(8(2)11)6-10-4-5-12-9(3)13-10/h4-6,8H,11H2,1-3H3/b7-6+. The Labute approximate surface area is 78.7 Å². The highest BCUT2D eigenvalue weighted by molar-refractivity contribution is 5.48. The Morgan fingerprint density at radius 3 is 2.85 bits per heavy atom. The third kappa shape index (κ3) is 2.95. The van der Waals surface area contributed by atoms with E-state index in [2.05, 4.69) is 9.97 Å². The maximum atomic E-state index is 5.71. The number of aryl methyl sites for hydroxylation is 1. The van der Waals surface area contributed by atoms with Gasteiger partial charge in [-0.05, 0) is 32.9 Å². The summed E-state index contributed by atoms with van der Waals surface area (Å²) in [5, 5.41) is 0. The van der Waals surface area contributed by atoms with Crippen LogP contribution in [-0.4, -0.2) is 16.0 Å². The first kappa shape index (κ1) is 9.86. The van der Waals surface area contributed by atoms with Crippen LogP contribution in [0.3, 0.4) is 0 Å². The van der Waals surface area contributed by atoms with Gasteiger partial charge < -0.3 is 5.73 Å². The molecule has 0 bridgehead atoms. The fourth-order valence-corrected chi connectivity index (χ4v) is 0.920. The number of aromatic nitrogens is 2. The normalized spacial score (nSPS) is 14.3. The molecule has 0 saturated heterocycles.